The van der Waals surface area contributed by atoms with Crippen LogP contribution in [-0.2, 0) is 6.42 Å². The largest absolute Gasteiger partial charge is 0.327 e. The molecule has 0 bridgehead atoms. The number of nitrogens with zero attached hydrogens (tertiary/aromatic N) is 1. The molecule has 0 saturated heterocycles. The normalized spacial score (nSPS) is 28.0. The summed E-state index contributed by atoms with van der Waals surface area (Å²) < 4.78 is 14.1. The fourth-order valence-electron chi connectivity index (χ4n) is 2.56. The molecule has 0 unspecified atom stereocenters. The van der Waals surface area contributed by atoms with Gasteiger partial charge in [0.2, 0.25) is 0 Å². The second-order valence-electron chi connectivity index (χ2n) is 4.99. The Hall–Kier alpha value is -1.48. The molecule has 17 heavy (non-hydrogen) atoms. The highest BCUT2D eigenvalue weighted by atomic mass is 19.1. The van der Waals surface area contributed by atoms with Crippen LogP contribution in [0.4, 0.5) is 4.39 Å². The summed E-state index contributed by atoms with van der Waals surface area (Å²) in [7, 11) is 0. The third kappa shape index (κ3) is 2.03. The van der Waals surface area contributed by atoms with Crippen LogP contribution in [0.15, 0.2) is 36.4 Å². The molecular formula is C14H15FN2. The zero-order valence-corrected chi connectivity index (χ0v) is 9.57. The Morgan fingerprint density at radius 3 is 2.76 bits per heavy atom. The lowest BCUT2D eigenvalue weighted by Crippen LogP contribution is -2.49. The van der Waals surface area contributed by atoms with E-state index in [0.717, 1.165) is 16.6 Å². The van der Waals surface area contributed by atoms with E-state index in [4.69, 9.17) is 5.73 Å². The van der Waals surface area contributed by atoms with Crippen LogP contribution in [-0.4, -0.2) is 16.7 Å². The van der Waals surface area contributed by atoms with Crippen molar-refractivity contribution in [1.29, 1.82) is 0 Å². The standard InChI is InChI=1S/C14H15FN2/c15-14(7-11(16)8-14)9-12-6-5-10-3-1-2-4-13(10)17-12/h1-6,11H,7-9,16H2. The van der Waals surface area contributed by atoms with Crippen LogP contribution < -0.4 is 5.73 Å². The lowest BCUT2D eigenvalue weighted by Gasteiger charge is -2.39. The van der Waals surface area contributed by atoms with Gasteiger partial charge >= 0.3 is 0 Å². The Kier molecular flexibility index (Phi) is 2.37. The maximum atomic E-state index is 14.1. The molecule has 1 aromatic carbocycles. The molecule has 3 heteroatoms. The van der Waals surface area contributed by atoms with E-state index in [1.54, 1.807) is 0 Å². The first-order chi connectivity index (χ1) is 8.15. The average Bonchev–Trinajstić information content (AvgIpc) is 2.27. The third-order valence-corrected chi connectivity index (χ3v) is 3.41. The van der Waals surface area contributed by atoms with Crippen LogP contribution in [0.1, 0.15) is 18.5 Å². The smallest absolute Gasteiger partial charge is 0.119 e. The Bertz CT molecular complexity index is 547. The number of halogens is 1. The first-order valence-electron chi connectivity index (χ1n) is 5.94. The maximum Gasteiger partial charge on any atom is 0.119 e. The van der Waals surface area contributed by atoms with Gasteiger partial charge in [0.05, 0.1) is 5.52 Å². The quantitative estimate of drug-likeness (QED) is 0.861. The van der Waals surface area contributed by atoms with Crippen molar-refractivity contribution >= 4 is 10.9 Å². The minimum atomic E-state index is -1.13. The van der Waals surface area contributed by atoms with Gasteiger partial charge in [-0.3, -0.25) is 4.98 Å². The van der Waals surface area contributed by atoms with Crippen molar-refractivity contribution in [2.45, 2.75) is 31.0 Å². The summed E-state index contributed by atoms with van der Waals surface area (Å²) in [5, 5.41) is 1.09. The number of nitrogens with two attached hydrogens (primary N) is 1. The number of rotatable bonds is 2. The van der Waals surface area contributed by atoms with E-state index >= 15 is 0 Å². The van der Waals surface area contributed by atoms with Gasteiger partial charge in [0.25, 0.3) is 0 Å². The zero-order valence-electron chi connectivity index (χ0n) is 9.57. The first-order valence-corrected chi connectivity index (χ1v) is 5.94. The summed E-state index contributed by atoms with van der Waals surface area (Å²) >= 11 is 0. The second kappa shape index (κ2) is 3.77. The maximum absolute atomic E-state index is 14.1. The van der Waals surface area contributed by atoms with Crippen molar-refractivity contribution in [1.82, 2.24) is 4.98 Å². The van der Waals surface area contributed by atoms with Crippen molar-refractivity contribution in [3.8, 4) is 0 Å². The van der Waals surface area contributed by atoms with Crippen molar-refractivity contribution in [3.63, 3.8) is 0 Å². The molecule has 1 saturated carbocycles. The Morgan fingerprint density at radius 1 is 1.24 bits per heavy atom. The van der Waals surface area contributed by atoms with E-state index in [1.807, 2.05) is 36.4 Å². The summed E-state index contributed by atoms with van der Waals surface area (Å²) in [5.41, 5.74) is 6.25. The van der Waals surface area contributed by atoms with Crippen LogP contribution in [0, 0.1) is 0 Å². The fourth-order valence-corrected chi connectivity index (χ4v) is 2.56. The molecule has 0 aliphatic heterocycles. The molecule has 0 amide bonds. The number of para-hydroxylation sites is 1. The number of hydrogen-bond acceptors (Lipinski definition) is 2. The minimum absolute atomic E-state index is 0.0282. The minimum Gasteiger partial charge on any atom is -0.327 e. The van der Waals surface area contributed by atoms with E-state index in [0.29, 0.717) is 19.3 Å². The van der Waals surface area contributed by atoms with Gasteiger partial charge in [-0.2, -0.15) is 0 Å². The molecule has 0 radical (unpaired) electrons. The number of aromatic nitrogens is 1. The van der Waals surface area contributed by atoms with Crippen molar-refractivity contribution in [2.24, 2.45) is 5.73 Å². The fraction of sp³-hybridized carbons (Fsp3) is 0.357. The van der Waals surface area contributed by atoms with Gasteiger partial charge in [-0.05, 0) is 25.0 Å². The van der Waals surface area contributed by atoms with Crippen molar-refractivity contribution in [3.05, 3.63) is 42.1 Å². The molecule has 1 fully saturated rings. The van der Waals surface area contributed by atoms with E-state index in [1.165, 1.54) is 0 Å². The van der Waals surface area contributed by atoms with Crippen LogP contribution in [0.3, 0.4) is 0 Å². The van der Waals surface area contributed by atoms with Gasteiger partial charge in [-0.15, -0.1) is 0 Å². The van der Waals surface area contributed by atoms with Gasteiger partial charge in [0, 0.05) is 23.5 Å². The summed E-state index contributed by atoms with van der Waals surface area (Å²) in [4.78, 5) is 4.49. The molecule has 1 aliphatic carbocycles. The van der Waals surface area contributed by atoms with Crippen LogP contribution >= 0.6 is 0 Å². The third-order valence-electron chi connectivity index (χ3n) is 3.41. The zero-order chi connectivity index (χ0) is 11.9. The van der Waals surface area contributed by atoms with Gasteiger partial charge in [-0.25, -0.2) is 4.39 Å². The predicted molar refractivity (Wildman–Crippen MR) is 66.5 cm³/mol. The molecule has 2 N–H and O–H groups in total. The van der Waals surface area contributed by atoms with Crippen LogP contribution in [0.25, 0.3) is 10.9 Å². The van der Waals surface area contributed by atoms with E-state index in [9.17, 15) is 4.39 Å². The van der Waals surface area contributed by atoms with E-state index in [2.05, 4.69) is 4.98 Å². The summed E-state index contributed by atoms with van der Waals surface area (Å²) in [6, 6.07) is 11.8. The molecule has 3 rings (SSSR count). The summed E-state index contributed by atoms with van der Waals surface area (Å²) in [6.45, 7) is 0. The number of benzene rings is 1. The highest BCUT2D eigenvalue weighted by molar-refractivity contribution is 5.78. The van der Waals surface area contributed by atoms with Crippen molar-refractivity contribution < 1.29 is 4.39 Å². The first kappa shape index (κ1) is 10.7. The van der Waals surface area contributed by atoms with Crippen LogP contribution in [0.2, 0.25) is 0 Å². The highest BCUT2D eigenvalue weighted by Crippen LogP contribution is 2.37. The Labute approximate surface area is 99.7 Å². The molecule has 88 valence electrons. The molecule has 1 heterocycles. The lowest BCUT2D eigenvalue weighted by molar-refractivity contribution is 0.0436. The predicted octanol–water partition coefficient (Wildman–Crippen LogP) is 2.61. The van der Waals surface area contributed by atoms with Crippen molar-refractivity contribution in [2.75, 3.05) is 0 Å². The summed E-state index contributed by atoms with van der Waals surface area (Å²) in [5.74, 6) is 0. The van der Waals surface area contributed by atoms with Gasteiger partial charge in [0.1, 0.15) is 5.67 Å². The Balaban J connectivity index is 1.86. The number of alkyl halides is 1. The summed E-state index contributed by atoms with van der Waals surface area (Å²) in [6.07, 6.45) is 1.30. The second-order valence-corrected chi connectivity index (χ2v) is 4.99. The topological polar surface area (TPSA) is 38.9 Å². The Morgan fingerprint density at radius 2 is 2.00 bits per heavy atom. The molecule has 0 atom stereocenters. The lowest BCUT2D eigenvalue weighted by atomic mass is 9.75. The van der Waals surface area contributed by atoms with Crippen LogP contribution in [0.5, 0.6) is 0 Å². The SMILES string of the molecule is NC1CC(F)(Cc2ccc3ccccc3n2)C1. The van der Waals surface area contributed by atoms with Gasteiger partial charge in [0.15, 0.2) is 0 Å². The number of hydrogen-bond donors (Lipinski definition) is 1. The monoisotopic (exact) mass is 230 g/mol. The molecule has 0 spiro atoms. The molecule has 1 aliphatic rings. The average molecular weight is 230 g/mol. The van der Waals surface area contributed by atoms with E-state index in [-0.39, 0.29) is 6.04 Å². The van der Waals surface area contributed by atoms with Gasteiger partial charge in [-0.1, -0.05) is 24.3 Å². The van der Waals surface area contributed by atoms with Gasteiger partial charge < -0.3 is 5.73 Å². The highest BCUT2D eigenvalue weighted by Gasteiger charge is 2.43. The van der Waals surface area contributed by atoms with E-state index < -0.39 is 5.67 Å². The number of pyridine rings is 1. The molecule has 2 nitrogen and oxygen atoms in total. The molecular weight excluding hydrogens is 215 g/mol. The molecule has 1 aromatic heterocycles. The number of fused-ring (bicyclic) bond motifs is 1. The molecule has 2 aromatic rings.